The SMILES string of the molecule is CC(C)C(Br)C(Cc1ccccc1)Cc1ccccc1. The van der Waals surface area contributed by atoms with Crippen molar-refractivity contribution in [3.63, 3.8) is 0 Å². The normalized spacial score (nSPS) is 12.8. The summed E-state index contributed by atoms with van der Waals surface area (Å²) < 4.78 is 0. The van der Waals surface area contributed by atoms with Gasteiger partial charge in [0.2, 0.25) is 0 Å². The number of rotatable bonds is 6. The predicted octanol–water partition coefficient (Wildman–Crippen LogP) is 5.51. The Morgan fingerprint density at radius 3 is 1.50 bits per heavy atom. The predicted molar refractivity (Wildman–Crippen MR) is 91.3 cm³/mol. The fourth-order valence-corrected chi connectivity index (χ4v) is 3.05. The van der Waals surface area contributed by atoms with E-state index in [1.165, 1.54) is 11.1 Å². The fourth-order valence-electron chi connectivity index (χ4n) is 2.68. The van der Waals surface area contributed by atoms with E-state index in [2.05, 4.69) is 90.4 Å². The van der Waals surface area contributed by atoms with Gasteiger partial charge in [0.25, 0.3) is 0 Å². The summed E-state index contributed by atoms with van der Waals surface area (Å²) in [7, 11) is 0. The monoisotopic (exact) mass is 330 g/mol. The van der Waals surface area contributed by atoms with Crippen LogP contribution in [0.3, 0.4) is 0 Å². The van der Waals surface area contributed by atoms with Crippen molar-refractivity contribution in [2.24, 2.45) is 11.8 Å². The second-order valence-corrected chi connectivity index (χ2v) is 6.89. The largest absolute Gasteiger partial charge is 0.0885 e. The third-order valence-electron chi connectivity index (χ3n) is 3.77. The molecule has 0 radical (unpaired) electrons. The lowest BCUT2D eigenvalue weighted by atomic mass is 9.86. The summed E-state index contributed by atoms with van der Waals surface area (Å²) in [6.45, 7) is 4.59. The smallest absolute Gasteiger partial charge is 0.0203 e. The fraction of sp³-hybridized carbons (Fsp3) is 0.368. The Balaban J connectivity index is 2.12. The molecule has 0 spiro atoms. The first kappa shape index (κ1) is 15.3. The molecule has 106 valence electrons. The molecule has 2 aromatic carbocycles. The molecule has 0 N–H and O–H groups in total. The summed E-state index contributed by atoms with van der Waals surface area (Å²) in [5, 5.41) is 0. The number of alkyl halides is 1. The van der Waals surface area contributed by atoms with E-state index in [-0.39, 0.29) is 0 Å². The molecule has 0 aliphatic rings. The third kappa shape index (κ3) is 4.49. The highest BCUT2D eigenvalue weighted by Crippen LogP contribution is 2.28. The Hall–Kier alpha value is -1.08. The zero-order valence-electron chi connectivity index (χ0n) is 12.3. The zero-order chi connectivity index (χ0) is 14.4. The number of halogens is 1. The average Bonchev–Trinajstić information content (AvgIpc) is 2.48. The van der Waals surface area contributed by atoms with Gasteiger partial charge in [0.05, 0.1) is 0 Å². The molecule has 0 aliphatic heterocycles. The number of hydrogen-bond donors (Lipinski definition) is 0. The van der Waals surface area contributed by atoms with Gasteiger partial charge in [0.1, 0.15) is 0 Å². The summed E-state index contributed by atoms with van der Waals surface area (Å²) in [6, 6.07) is 21.6. The Morgan fingerprint density at radius 2 is 1.15 bits per heavy atom. The average molecular weight is 331 g/mol. The van der Waals surface area contributed by atoms with Crippen LogP contribution in [0.1, 0.15) is 25.0 Å². The van der Waals surface area contributed by atoms with E-state index >= 15 is 0 Å². The van der Waals surface area contributed by atoms with Gasteiger partial charge in [-0.3, -0.25) is 0 Å². The Labute approximate surface area is 131 Å². The van der Waals surface area contributed by atoms with Crippen molar-refractivity contribution in [1.82, 2.24) is 0 Å². The van der Waals surface area contributed by atoms with Crippen LogP contribution in [0.5, 0.6) is 0 Å². The molecule has 0 bridgehead atoms. The van der Waals surface area contributed by atoms with Gasteiger partial charge < -0.3 is 0 Å². The molecule has 0 aliphatic carbocycles. The molecule has 0 amide bonds. The van der Waals surface area contributed by atoms with E-state index in [1.54, 1.807) is 0 Å². The Bertz CT molecular complexity index is 448. The molecule has 0 nitrogen and oxygen atoms in total. The molecular weight excluding hydrogens is 308 g/mol. The zero-order valence-corrected chi connectivity index (χ0v) is 13.9. The first-order valence-electron chi connectivity index (χ1n) is 7.38. The minimum absolute atomic E-state index is 0.544. The lowest BCUT2D eigenvalue weighted by Crippen LogP contribution is -2.24. The van der Waals surface area contributed by atoms with Crippen LogP contribution in [-0.4, -0.2) is 4.83 Å². The summed E-state index contributed by atoms with van der Waals surface area (Å²) >= 11 is 3.92. The summed E-state index contributed by atoms with van der Waals surface area (Å²) in [4.78, 5) is 0.544. The molecule has 1 unspecified atom stereocenters. The van der Waals surface area contributed by atoms with Gasteiger partial charge in [0.15, 0.2) is 0 Å². The number of hydrogen-bond acceptors (Lipinski definition) is 0. The standard InChI is InChI=1S/C19H23Br/c1-15(2)19(20)18(13-16-9-5-3-6-10-16)14-17-11-7-4-8-12-17/h3-12,15,18-19H,13-14H2,1-2H3. The first-order valence-corrected chi connectivity index (χ1v) is 8.30. The highest BCUT2D eigenvalue weighted by molar-refractivity contribution is 9.09. The minimum atomic E-state index is 0.544. The van der Waals surface area contributed by atoms with Crippen molar-refractivity contribution >= 4 is 15.9 Å². The van der Waals surface area contributed by atoms with Gasteiger partial charge in [0, 0.05) is 4.83 Å². The molecular formula is C19H23Br. The van der Waals surface area contributed by atoms with Gasteiger partial charge in [-0.15, -0.1) is 0 Å². The topological polar surface area (TPSA) is 0 Å². The highest BCUT2D eigenvalue weighted by Gasteiger charge is 2.22. The second kappa shape index (κ2) is 7.64. The van der Waals surface area contributed by atoms with E-state index in [9.17, 15) is 0 Å². The Morgan fingerprint density at radius 1 is 0.750 bits per heavy atom. The van der Waals surface area contributed by atoms with Crippen LogP contribution in [0.15, 0.2) is 60.7 Å². The molecule has 2 rings (SSSR count). The molecule has 2 aromatic rings. The van der Waals surface area contributed by atoms with Crippen molar-refractivity contribution in [2.75, 3.05) is 0 Å². The van der Waals surface area contributed by atoms with Crippen LogP contribution in [-0.2, 0) is 12.8 Å². The highest BCUT2D eigenvalue weighted by atomic mass is 79.9. The summed E-state index contributed by atoms with van der Waals surface area (Å²) in [6.07, 6.45) is 2.26. The van der Waals surface area contributed by atoms with Gasteiger partial charge >= 0.3 is 0 Å². The van der Waals surface area contributed by atoms with Crippen LogP contribution in [0.2, 0.25) is 0 Å². The first-order chi connectivity index (χ1) is 9.66. The number of benzene rings is 2. The summed E-state index contributed by atoms with van der Waals surface area (Å²) in [5.74, 6) is 1.27. The third-order valence-corrected chi connectivity index (χ3v) is 5.57. The van der Waals surface area contributed by atoms with Crippen molar-refractivity contribution in [3.05, 3.63) is 71.8 Å². The molecule has 0 aromatic heterocycles. The minimum Gasteiger partial charge on any atom is -0.0885 e. The van der Waals surface area contributed by atoms with Crippen LogP contribution in [0.4, 0.5) is 0 Å². The van der Waals surface area contributed by atoms with Crippen LogP contribution in [0, 0.1) is 11.8 Å². The van der Waals surface area contributed by atoms with E-state index < -0.39 is 0 Å². The molecule has 1 atom stereocenters. The van der Waals surface area contributed by atoms with E-state index in [1.807, 2.05) is 0 Å². The van der Waals surface area contributed by atoms with Crippen molar-refractivity contribution in [2.45, 2.75) is 31.5 Å². The van der Waals surface area contributed by atoms with Crippen molar-refractivity contribution in [1.29, 1.82) is 0 Å². The molecule has 0 fully saturated rings. The van der Waals surface area contributed by atoms with Crippen molar-refractivity contribution < 1.29 is 0 Å². The van der Waals surface area contributed by atoms with Crippen LogP contribution >= 0.6 is 15.9 Å². The lowest BCUT2D eigenvalue weighted by Gasteiger charge is -2.26. The van der Waals surface area contributed by atoms with E-state index in [4.69, 9.17) is 0 Å². The van der Waals surface area contributed by atoms with Crippen LogP contribution in [0.25, 0.3) is 0 Å². The molecule has 0 saturated carbocycles. The maximum atomic E-state index is 3.92. The molecule has 20 heavy (non-hydrogen) atoms. The summed E-state index contributed by atoms with van der Waals surface area (Å²) in [5.41, 5.74) is 2.86. The maximum Gasteiger partial charge on any atom is 0.0203 e. The van der Waals surface area contributed by atoms with Gasteiger partial charge in [-0.25, -0.2) is 0 Å². The lowest BCUT2D eigenvalue weighted by molar-refractivity contribution is 0.427. The second-order valence-electron chi connectivity index (χ2n) is 5.83. The Kier molecular flexibility index (Phi) is 5.85. The maximum absolute atomic E-state index is 3.92. The van der Waals surface area contributed by atoms with E-state index in [0.29, 0.717) is 16.7 Å². The van der Waals surface area contributed by atoms with Crippen LogP contribution < -0.4 is 0 Å². The molecule has 0 heterocycles. The quantitative estimate of drug-likeness (QED) is 0.613. The van der Waals surface area contributed by atoms with E-state index in [0.717, 1.165) is 12.8 Å². The van der Waals surface area contributed by atoms with Crippen molar-refractivity contribution in [3.8, 4) is 0 Å². The molecule has 0 saturated heterocycles. The van der Waals surface area contributed by atoms with Gasteiger partial charge in [-0.1, -0.05) is 90.4 Å². The van der Waals surface area contributed by atoms with Gasteiger partial charge in [-0.2, -0.15) is 0 Å². The van der Waals surface area contributed by atoms with Gasteiger partial charge in [-0.05, 0) is 35.8 Å². The molecule has 1 heteroatoms.